The SMILES string of the molecule is CNS(=O)(=O)c1ccc(CNc2cccnc2N(C)C)o1. The summed E-state index contributed by atoms with van der Waals surface area (Å²) in [5.41, 5.74) is 0.844. The highest BCUT2D eigenvalue weighted by Gasteiger charge is 2.16. The Balaban J connectivity index is 2.11. The van der Waals surface area contributed by atoms with Crippen molar-refractivity contribution in [2.75, 3.05) is 31.4 Å². The third kappa shape index (κ3) is 3.53. The van der Waals surface area contributed by atoms with Gasteiger partial charge in [0.15, 0.2) is 5.82 Å². The molecule has 0 atom stereocenters. The van der Waals surface area contributed by atoms with E-state index in [-0.39, 0.29) is 5.09 Å². The third-order valence-corrected chi connectivity index (χ3v) is 4.12. The molecule has 2 heterocycles. The van der Waals surface area contributed by atoms with Crippen molar-refractivity contribution in [1.82, 2.24) is 9.71 Å². The number of anilines is 2. The van der Waals surface area contributed by atoms with E-state index < -0.39 is 10.0 Å². The highest BCUT2D eigenvalue weighted by molar-refractivity contribution is 7.89. The summed E-state index contributed by atoms with van der Waals surface area (Å²) in [7, 11) is 1.60. The number of sulfonamides is 1. The van der Waals surface area contributed by atoms with Crippen LogP contribution in [0.2, 0.25) is 0 Å². The summed E-state index contributed by atoms with van der Waals surface area (Å²) in [6.07, 6.45) is 1.71. The van der Waals surface area contributed by atoms with Crippen molar-refractivity contribution in [3.63, 3.8) is 0 Å². The number of hydrogen-bond acceptors (Lipinski definition) is 6. The fourth-order valence-corrected chi connectivity index (χ4v) is 2.44. The van der Waals surface area contributed by atoms with Gasteiger partial charge in [-0.25, -0.2) is 18.1 Å². The maximum Gasteiger partial charge on any atom is 0.273 e. The normalized spacial score (nSPS) is 11.4. The molecule has 0 bridgehead atoms. The van der Waals surface area contributed by atoms with Crippen LogP contribution in [0.1, 0.15) is 5.76 Å². The Morgan fingerprint density at radius 1 is 1.29 bits per heavy atom. The molecule has 21 heavy (non-hydrogen) atoms. The monoisotopic (exact) mass is 310 g/mol. The Hall–Kier alpha value is -2.06. The van der Waals surface area contributed by atoms with Crippen LogP contribution in [-0.4, -0.2) is 34.5 Å². The van der Waals surface area contributed by atoms with Gasteiger partial charge in [0.25, 0.3) is 10.0 Å². The number of aromatic nitrogens is 1. The number of furan rings is 1. The van der Waals surface area contributed by atoms with Gasteiger partial charge in [0, 0.05) is 20.3 Å². The maximum atomic E-state index is 11.6. The molecule has 0 aliphatic heterocycles. The van der Waals surface area contributed by atoms with Gasteiger partial charge >= 0.3 is 0 Å². The Morgan fingerprint density at radius 3 is 2.71 bits per heavy atom. The van der Waals surface area contributed by atoms with Crippen molar-refractivity contribution in [3.8, 4) is 0 Å². The summed E-state index contributed by atoms with van der Waals surface area (Å²) in [5.74, 6) is 1.32. The van der Waals surface area contributed by atoms with E-state index in [9.17, 15) is 8.42 Å². The lowest BCUT2D eigenvalue weighted by atomic mass is 10.3. The van der Waals surface area contributed by atoms with E-state index in [0.717, 1.165) is 11.5 Å². The fraction of sp³-hybridized carbons (Fsp3) is 0.308. The van der Waals surface area contributed by atoms with Crippen LogP contribution >= 0.6 is 0 Å². The molecule has 2 rings (SSSR count). The Morgan fingerprint density at radius 2 is 2.05 bits per heavy atom. The van der Waals surface area contributed by atoms with Gasteiger partial charge in [0.1, 0.15) is 5.76 Å². The summed E-state index contributed by atoms with van der Waals surface area (Å²) < 4.78 is 30.7. The van der Waals surface area contributed by atoms with E-state index in [1.165, 1.54) is 13.1 Å². The second kappa shape index (κ2) is 6.15. The molecule has 0 radical (unpaired) electrons. The van der Waals surface area contributed by atoms with Crippen LogP contribution in [0.3, 0.4) is 0 Å². The first kappa shape index (κ1) is 15.3. The van der Waals surface area contributed by atoms with E-state index in [4.69, 9.17) is 4.42 Å². The van der Waals surface area contributed by atoms with Gasteiger partial charge < -0.3 is 14.6 Å². The first-order valence-corrected chi connectivity index (χ1v) is 7.81. The average molecular weight is 310 g/mol. The maximum absolute atomic E-state index is 11.6. The van der Waals surface area contributed by atoms with Gasteiger partial charge in [-0.2, -0.15) is 0 Å². The van der Waals surface area contributed by atoms with Crippen LogP contribution in [0.4, 0.5) is 11.5 Å². The number of pyridine rings is 1. The number of nitrogens with zero attached hydrogens (tertiary/aromatic N) is 2. The summed E-state index contributed by atoms with van der Waals surface area (Å²) >= 11 is 0. The van der Waals surface area contributed by atoms with Crippen LogP contribution in [0.25, 0.3) is 0 Å². The zero-order valence-corrected chi connectivity index (χ0v) is 12.9. The number of rotatable bonds is 6. The van der Waals surface area contributed by atoms with Crippen LogP contribution in [0.5, 0.6) is 0 Å². The molecule has 0 fully saturated rings. The molecule has 0 aliphatic rings. The predicted octanol–water partition coefficient (Wildman–Crippen LogP) is 1.26. The fourth-order valence-electron chi connectivity index (χ4n) is 1.77. The van der Waals surface area contributed by atoms with Crippen molar-refractivity contribution < 1.29 is 12.8 Å². The molecule has 0 amide bonds. The van der Waals surface area contributed by atoms with Gasteiger partial charge in [-0.3, -0.25) is 0 Å². The number of hydrogen-bond donors (Lipinski definition) is 2. The smallest absolute Gasteiger partial charge is 0.273 e. The second-order valence-electron chi connectivity index (χ2n) is 4.55. The van der Waals surface area contributed by atoms with E-state index in [1.807, 2.05) is 31.1 Å². The standard InChI is InChI=1S/C13H18N4O3S/c1-14-21(18,19)12-7-6-10(20-12)9-16-11-5-4-8-15-13(11)17(2)3/h4-8,14,16H,9H2,1-3H3. The van der Waals surface area contributed by atoms with Crippen molar-refractivity contribution in [2.24, 2.45) is 0 Å². The van der Waals surface area contributed by atoms with E-state index in [0.29, 0.717) is 12.3 Å². The van der Waals surface area contributed by atoms with E-state index in [1.54, 1.807) is 12.3 Å². The third-order valence-electron chi connectivity index (χ3n) is 2.83. The summed E-state index contributed by atoms with van der Waals surface area (Å²) in [6.45, 7) is 0.367. The Kier molecular flexibility index (Phi) is 4.49. The summed E-state index contributed by atoms with van der Waals surface area (Å²) in [6, 6.07) is 6.78. The zero-order chi connectivity index (χ0) is 15.5. The molecule has 2 aromatic rings. The quantitative estimate of drug-likeness (QED) is 0.835. The molecule has 0 aliphatic carbocycles. The first-order valence-electron chi connectivity index (χ1n) is 6.32. The van der Waals surface area contributed by atoms with Crippen LogP contribution in [-0.2, 0) is 16.6 Å². The molecule has 2 N–H and O–H groups in total. The second-order valence-corrected chi connectivity index (χ2v) is 6.37. The van der Waals surface area contributed by atoms with Crippen LogP contribution in [0.15, 0.2) is 40.0 Å². The van der Waals surface area contributed by atoms with Gasteiger partial charge in [0.05, 0.1) is 12.2 Å². The topological polar surface area (TPSA) is 87.5 Å². The molecule has 0 unspecified atom stereocenters. The molecule has 0 aromatic carbocycles. The largest absolute Gasteiger partial charge is 0.446 e. The van der Waals surface area contributed by atoms with Crippen molar-refractivity contribution in [3.05, 3.63) is 36.2 Å². The van der Waals surface area contributed by atoms with Crippen LogP contribution in [0, 0.1) is 0 Å². The molecular weight excluding hydrogens is 292 g/mol. The molecule has 0 saturated heterocycles. The molecule has 2 aromatic heterocycles. The molecule has 114 valence electrons. The van der Waals surface area contributed by atoms with Crippen molar-refractivity contribution in [1.29, 1.82) is 0 Å². The zero-order valence-electron chi connectivity index (χ0n) is 12.1. The van der Waals surface area contributed by atoms with Crippen molar-refractivity contribution >= 4 is 21.5 Å². The lowest BCUT2D eigenvalue weighted by Gasteiger charge is -2.16. The number of nitrogens with one attached hydrogen (secondary N) is 2. The molecule has 0 spiro atoms. The Labute approximate surface area is 124 Å². The lowest BCUT2D eigenvalue weighted by Crippen LogP contribution is -2.17. The highest BCUT2D eigenvalue weighted by Crippen LogP contribution is 2.22. The molecule has 8 heteroatoms. The van der Waals surface area contributed by atoms with Crippen LogP contribution < -0.4 is 14.9 Å². The lowest BCUT2D eigenvalue weighted by molar-refractivity contribution is 0.417. The predicted molar refractivity (Wildman–Crippen MR) is 80.8 cm³/mol. The molecule has 0 saturated carbocycles. The molecule has 7 nitrogen and oxygen atoms in total. The van der Waals surface area contributed by atoms with E-state index >= 15 is 0 Å². The van der Waals surface area contributed by atoms with Gasteiger partial charge in [-0.05, 0) is 31.3 Å². The minimum Gasteiger partial charge on any atom is -0.446 e. The van der Waals surface area contributed by atoms with Crippen molar-refractivity contribution in [2.45, 2.75) is 11.6 Å². The van der Waals surface area contributed by atoms with Gasteiger partial charge in [-0.1, -0.05) is 0 Å². The summed E-state index contributed by atoms with van der Waals surface area (Å²) in [4.78, 5) is 6.17. The van der Waals surface area contributed by atoms with E-state index in [2.05, 4.69) is 15.0 Å². The summed E-state index contributed by atoms with van der Waals surface area (Å²) in [5, 5.41) is 3.08. The minimum absolute atomic E-state index is 0.0965. The molecular formula is C13H18N4O3S. The average Bonchev–Trinajstić information content (AvgIpc) is 2.95. The van der Waals surface area contributed by atoms with Gasteiger partial charge in [-0.15, -0.1) is 0 Å². The highest BCUT2D eigenvalue weighted by atomic mass is 32.2. The first-order chi connectivity index (χ1) is 9.94. The van der Waals surface area contributed by atoms with Gasteiger partial charge in [0.2, 0.25) is 5.09 Å². The Bertz CT molecular complexity index is 710. The minimum atomic E-state index is -3.55.